The molecule has 0 saturated carbocycles. The van der Waals surface area contributed by atoms with Crippen molar-refractivity contribution >= 4 is 11.8 Å². The Kier molecular flexibility index (Phi) is 6.75. The predicted molar refractivity (Wildman–Crippen MR) is 112 cm³/mol. The second-order valence-corrected chi connectivity index (χ2v) is 6.50. The Balaban J connectivity index is 1.85. The standard InChI is InChI=1S/C24H21N3O2/c25-15-16-26-24(29)22(17-18-9-3-1-4-10-18)27-23(28)21-14-8-7-13-20(21)19-11-5-2-6-12-19/h1-14,22H,16-17H2,(H,26,29)(H,27,28). The summed E-state index contributed by atoms with van der Waals surface area (Å²) in [6, 6.07) is 27.5. The molecule has 0 aliphatic heterocycles. The summed E-state index contributed by atoms with van der Waals surface area (Å²) in [4.78, 5) is 25.6. The van der Waals surface area contributed by atoms with E-state index in [0.717, 1.165) is 16.7 Å². The minimum absolute atomic E-state index is 0.111. The first kappa shape index (κ1) is 19.8. The van der Waals surface area contributed by atoms with Crippen LogP contribution >= 0.6 is 0 Å². The third-order valence-corrected chi connectivity index (χ3v) is 4.50. The molecule has 3 rings (SSSR count). The molecule has 0 spiro atoms. The fourth-order valence-corrected chi connectivity index (χ4v) is 3.10. The summed E-state index contributed by atoms with van der Waals surface area (Å²) in [7, 11) is 0. The Morgan fingerprint density at radius 1 is 0.862 bits per heavy atom. The molecule has 2 N–H and O–H groups in total. The zero-order valence-corrected chi connectivity index (χ0v) is 15.8. The zero-order valence-electron chi connectivity index (χ0n) is 15.8. The van der Waals surface area contributed by atoms with Crippen LogP contribution in [0.15, 0.2) is 84.9 Å². The van der Waals surface area contributed by atoms with E-state index in [4.69, 9.17) is 5.26 Å². The Labute approximate surface area is 170 Å². The maximum absolute atomic E-state index is 13.1. The number of carbonyl (C=O) groups excluding carboxylic acids is 2. The van der Waals surface area contributed by atoms with Crippen LogP contribution in [0.5, 0.6) is 0 Å². The minimum Gasteiger partial charge on any atom is -0.341 e. The lowest BCUT2D eigenvalue weighted by atomic mass is 9.98. The molecule has 1 atom stereocenters. The number of carbonyl (C=O) groups is 2. The number of nitrogens with one attached hydrogen (secondary N) is 2. The molecule has 3 aromatic carbocycles. The highest BCUT2D eigenvalue weighted by molar-refractivity contribution is 6.02. The van der Waals surface area contributed by atoms with E-state index in [1.807, 2.05) is 78.9 Å². The SMILES string of the molecule is N#CCNC(=O)C(Cc1ccccc1)NC(=O)c1ccccc1-c1ccccc1. The molecule has 0 aromatic heterocycles. The third-order valence-electron chi connectivity index (χ3n) is 4.50. The highest BCUT2D eigenvalue weighted by atomic mass is 16.2. The van der Waals surface area contributed by atoms with Gasteiger partial charge in [-0.2, -0.15) is 5.26 Å². The second kappa shape index (κ2) is 9.86. The molecule has 0 fully saturated rings. The van der Waals surface area contributed by atoms with Crippen LogP contribution in [0.2, 0.25) is 0 Å². The van der Waals surface area contributed by atoms with E-state index in [2.05, 4.69) is 10.6 Å². The smallest absolute Gasteiger partial charge is 0.252 e. The summed E-state index contributed by atoms with van der Waals surface area (Å²) in [6.45, 7) is -0.111. The molecule has 1 unspecified atom stereocenters. The summed E-state index contributed by atoms with van der Waals surface area (Å²) in [5.41, 5.74) is 3.12. The summed E-state index contributed by atoms with van der Waals surface area (Å²) in [6.07, 6.45) is 0.331. The van der Waals surface area contributed by atoms with E-state index in [1.165, 1.54) is 0 Å². The van der Waals surface area contributed by atoms with E-state index < -0.39 is 6.04 Å². The van der Waals surface area contributed by atoms with Gasteiger partial charge >= 0.3 is 0 Å². The lowest BCUT2D eigenvalue weighted by Crippen LogP contribution is -2.48. The van der Waals surface area contributed by atoms with Gasteiger partial charge in [0.2, 0.25) is 5.91 Å². The van der Waals surface area contributed by atoms with Gasteiger partial charge in [0, 0.05) is 12.0 Å². The lowest BCUT2D eigenvalue weighted by molar-refractivity contribution is -0.122. The van der Waals surface area contributed by atoms with Gasteiger partial charge in [0.05, 0.1) is 6.07 Å². The first-order chi connectivity index (χ1) is 14.2. The Morgan fingerprint density at radius 2 is 1.48 bits per heavy atom. The van der Waals surface area contributed by atoms with Gasteiger partial charge in [-0.25, -0.2) is 0 Å². The molecule has 0 heterocycles. The van der Waals surface area contributed by atoms with Crippen molar-refractivity contribution in [3.63, 3.8) is 0 Å². The van der Waals surface area contributed by atoms with Gasteiger partial charge in [0.25, 0.3) is 5.91 Å². The van der Waals surface area contributed by atoms with Crippen LogP contribution in [0.3, 0.4) is 0 Å². The van der Waals surface area contributed by atoms with Crippen LogP contribution in [0.1, 0.15) is 15.9 Å². The van der Waals surface area contributed by atoms with Crippen molar-refractivity contribution < 1.29 is 9.59 Å². The van der Waals surface area contributed by atoms with Crippen LogP contribution in [0.4, 0.5) is 0 Å². The van der Waals surface area contributed by atoms with Gasteiger partial charge in [-0.1, -0.05) is 78.9 Å². The Bertz CT molecular complexity index is 1010. The van der Waals surface area contributed by atoms with E-state index in [1.54, 1.807) is 12.1 Å². The van der Waals surface area contributed by atoms with Gasteiger partial charge in [0.15, 0.2) is 0 Å². The largest absolute Gasteiger partial charge is 0.341 e. The first-order valence-electron chi connectivity index (χ1n) is 9.33. The molecule has 2 amide bonds. The average molecular weight is 383 g/mol. The van der Waals surface area contributed by atoms with Crippen molar-refractivity contribution in [1.29, 1.82) is 5.26 Å². The number of rotatable bonds is 7. The zero-order chi connectivity index (χ0) is 20.5. The second-order valence-electron chi connectivity index (χ2n) is 6.50. The van der Waals surface area contributed by atoms with Crippen molar-refractivity contribution in [3.8, 4) is 17.2 Å². The van der Waals surface area contributed by atoms with Crippen LogP contribution in [0.25, 0.3) is 11.1 Å². The number of nitrogens with zero attached hydrogens (tertiary/aromatic N) is 1. The van der Waals surface area contributed by atoms with Crippen LogP contribution in [-0.4, -0.2) is 24.4 Å². The highest BCUT2D eigenvalue weighted by Crippen LogP contribution is 2.23. The number of amides is 2. The van der Waals surface area contributed by atoms with E-state index in [9.17, 15) is 9.59 Å². The lowest BCUT2D eigenvalue weighted by Gasteiger charge is -2.19. The van der Waals surface area contributed by atoms with Crippen molar-refractivity contribution in [2.75, 3.05) is 6.54 Å². The number of nitriles is 1. The number of benzene rings is 3. The third kappa shape index (κ3) is 5.30. The number of hydrogen-bond acceptors (Lipinski definition) is 3. The normalized spacial score (nSPS) is 11.1. The van der Waals surface area contributed by atoms with Crippen LogP contribution in [0, 0.1) is 11.3 Å². The van der Waals surface area contributed by atoms with Gasteiger partial charge in [-0.3, -0.25) is 9.59 Å². The van der Waals surface area contributed by atoms with Crippen molar-refractivity contribution in [2.24, 2.45) is 0 Å². The molecule has 0 radical (unpaired) electrons. The number of hydrogen-bond donors (Lipinski definition) is 2. The molecule has 0 aliphatic rings. The topological polar surface area (TPSA) is 82.0 Å². The van der Waals surface area contributed by atoms with Crippen LogP contribution < -0.4 is 10.6 Å². The van der Waals surface area contributed by atoms with Crippen molar-refractivity contribution in [1.82, 2.24) is 10.6 Å². The van der Waals surface area contributed by atoms with E-state index in [0.29, 0.717) is 12.0 Å². The van der Waals surface area contributed by atoms with E-state index >= 15 is 0 Å². The van der Waals surface area contributed by atoms with Crippen molar-refractivity contribution in [3.05, 3.63) is 96.1 Å². The molecule has 29 heavy (non-hydrogen) atoms. The van der Waals surface area contributed by atoms with E-state index in [-0.39, 0.29) is 18.4 Å². The summed E-state index contributed by atoms with van der Waals surface area (Å²) in [5.74, 6) is -0.724. The summed E-state index contributed by atoms with van der Waals surface area (Å²) in [5, 5.41) is 14.1. The molecule has 0 aliphatic carbocycles. The van der Waals surface area contributed by atoms with Gasteiger partial charge in [0.1, 0.15) is 12.6 Å². The molecule has 0 saturated heterocycles. The Morgan fingerprint density at radius 3 is 2.17 bits per heavy atom. The average Bonchev–Trinajstić information content (AvgIpc) is 2.78. The Hall–Kier alpha value is -3.91. The van der Waals surface area contributed by atoms with Gasteiger partial charge < -0.3 is 10.6 Å². The molecule has 0 bridgehead atoms. The maximum Gasteiger partial charge on any atom is 0.252 e. The molecular formula is C24H21N3O2. The molecule has 144 valence electrons. The highest BCUT2D eigenvalue weighted by Gasteiger charge is 2.23. The molecule has 5 nitrogen and oxygen atoms in total. The van der Waals surface area contributed by atoms with Crippen molar-refractivity contribution in [2.45, 2.75) is 12.5 Å². The maximum atomic E-state index is 13.1. The van der Waals surface area contributed by atoms with Crippen LogP contribution in [-0.2, 0) is 11.2 Å². The minimum atomic E-state index is -0.790. The molecular weight excluding hydrogens is 362 g/mol. The summed E-state index contributed by atoms with van der Waals surface area (Å²) >= 11 is 0. The monoisotopic (exact) mass is 383 g/mol. The van der Waals surface area contributed by atoms with Gasteiger partial charge in [-0.05, 0) is 22.8 Å². The molecule has 3 aromatic rings. The fourth-order valence-electron chi connectivity index (χ4n) is 3.10. The van der Waals surface area contributed by atoms with Gasteiger partial charge in [-0.15, -0.1) is 0 Å². The summed E-state index contributed by atoms with van der Waals surface area (Å²) < 4.78 is 0. The quantitative estimate of drug-likeness (QED) is 0.614. The first-order valence-corrected chi connectivity index (χ1v) is 9.33. The molecule has 5 heteroatoms. The predicted octanol–water partition coefficient (Wildman–Crippen LogP) is 3.33. The fraction of sp³-hybridized carbons (Fsp3) is 0.125.